The third-order valence-corrected chi connectivity index (χ3v) is 6.67. The van der Waals surface area contributed by atoms with Gasteiger partial charge in [-0.05, 0) is 30.2 Å². The molecule has 2 N–H and O–H groups in total. The van der Waals surface area contributed by atoms with E-state index in [0.29, 0.717) is 46.4 Å². The molecular formula is C27H20FN5O3. The van der Waals surface area contributed by atoms with Gasteiger partial charge >= 0.3 is 0 Å². The molecule has 0 bridgehead atoms. The van der Waals surface area contributed by atoms with Crippen LogP contribution in [0.3, 0.4) is 0 Å². The van der Waals surface area contributed by atoms with Crippen molar-refractivity contribution in [2.75, 3.05) is 11.4 Å². The quantitative estimate of drug-likeness (QED) is 0.420. The Balaban J connectivity index is 1.46. The highest BCUT2D eigenvalue weighted by molar-refractivity contribution is 6.21. The Kier molecular flexibility index (Phi) is 5.18. The molecule has 0 spiro atoms. The van der Waals surface area contributed by atoms with Crippen LogP contribution < -0.4 is 10.2 Å². The molecule has 1 aromatic heterocycles. The molecule has 3 aromatic carbocycles. The van der Waals surface area contributed by atoms with Gasteiger partial charge in [-0.15, -0.1) is 0 Å². The number of aliphatic imine (C=N–C) groups is 1. The number of aromatic amines is 1. The van der Waals surface area contributed by atoms with Gasteiger partial charge in [0, 0.05) is 34.1 Å². The van der Waals surface area contributed by atoms with Crippen LogP contribution in [0, 0.1) is 10.7 Å². The lowest BCUT2D eigenvalue weighted by atomic mass is 9.98. The van der Waals surface area contributed by atoms with E-state index in [1.54, 1.807) is 47.4 Å². The number of aromatic nitrogens is 1. The Hall–Kier alpha value is -4.66. The van der Waals surface area contributed by atoms with Crippen molar-refractivity contribution in [3.63, 3.8) is 0 Å². The van der Waals surface area contributed by atoms with E-state index in [1.807, 2.05) is 18.2 Å². The first kappa shape index (κ1) is 21.8. The summed E-state index contributed by atoms with van der Waals surface area (Å²) in [4.78, 5) is 47.4. The van der Waals surface area contributed by atoms with Gasteiger partial charge < -0.3 is 15.2 Å². The van der Waals surface area contributed by atoms with E-state index in [1.165, 1.54) is 6.07 Å². The molecule has 2 amide bonds. The van der Waals surface area contributed by atoms with Gasteiger partial charge in [0.15, 0.2) is 0 Å². The smallest absolute Gasteiger partial charge is 0.272 e. The van der Waals surface area contributed by atoms with Gasteiger partial charge in [0.1, 0.15) is 18.1 Å². The Morgan fingerprint density at radius 2 is 1.86 bits per heavy atom. The molecule has 178 valence electrons. The second-order valence-electron chi connectivity index (χ2n) is 8.70. The minimum absolute atomic E-state index is 0.134. The summed E-state index contributed by atoms with van der Waals surface area (Å²) in [7, 11) is 0. The molecule has 6 rings (SSSR count). The number of nitrogens with one attached hydrogen (secondary N) is 2. The van der Waals surface area contributed by atoms with E-state index in [4.69, 9.17) is 0 Å². The fraction of sp³-hybridized carbons (Fsp3) is 0.148. The Morgan fingerprint density at radius 3 is 2.69 bits per heavy atom. The molecular weight excluding hydrogens is 461 g/mol. The maximum atomic E-state index is 14.9. The number of fused-ring (bicyclic) bond motifs is 1. The van der Waals surface area contributed by atoms with Gasteiger partial charge in [-0.25, -0.2) is 9.38 Å². The fourth-order valence-electron chi connectivity index (χ4n) is 5.05. The standard InChI is InChI=1S/C27H20FN5O3/c28-20-10-3-1-8-17(20)22-18-9-5-6-15-12-13-33(24(15)18)27(35)25(31-22)32-26(34)23-19(14-29-36)16-7-2-4-11-21(16)30-23/h1-11,25,30H,12-14H2,(H,32,34). The Bertz CT molecular complexity index is 1590. The van der Waals surface area contributed by atoms with Crippen LogP contribution in [-0.4, -0.2) is 35.2 Å². The highest BCUT2D eigenvalue weighted by Crippen LogP contribution is 2.36. The predicted molar refractivity (Wildman–Crippen MR) is 134 cm³/mol. The number of halogens is 1. The van der Waals surface area contributed by atoms with Gasteiger partial charge in [-0.2, -0.15) is 4.91 Å². The molecule has 36 heavy (non-hydrogen) atoms. The minimum atomic E-state index is -1.30. The van der Waals surface area contributed by atoms with Crippen molar-refractivity contribution < 1.29 is 14.0 Å². The molecule has 0 saturated carbocycles. The molecule has 1 atom stereocenters. The second-order valence-corrected chi connectivity index (χ2v) is 8.70. The van der Waals surface area contributed by atoms with Crippen molar-refractivity contribution in [3.05, 3.63) is 105 Å². The zero-order valence-corrected chi connectivity index (χ0v) is 19.0. The summed E-state index contributed by atoms with van der Waals surface area (Å²) < 4.78 is 14.9. The monoisotopic (exact) mass is 481 g/mol. The second kappa shape index (κ2) is 8.53. The highest BCUT2D eigenvalue weighted by atomic mass is 19.1. The minimum Gasteiger partial charge on any atom is -0.350 e. The van der Waals surface area contributed by atoms with Crippen LogP contribution in [0.5, 0.6) is 0 Å². The predicted octanol–water partition coefficient (Wildman–Crippen LogP) is 4.07. The Morgan fingerprint density at radius 1 is 1.08 bits per heavy atom. The van der Waals surface area contributed by atoms with E-state index >= 15 is 0 Å². The molecule has 0 aliphatic carbocycles. The lowest BCUT2D eigenvalue weighted by Crippen LogP contribution is -2.47. The lowest BCUT2D eigenvalue weighted by molar-refractivity contribution is -0.120. The number of anilines is 1. The number of H-pyrrole nitrogens is 1. The zero-order valence-electron chi connectivity index (χ0n) is 19.0. The van der Waals surface area contributed by atoms with Crippen LogP contribution in [0.1, 0.15) is 32.7 Å². The number of para-hydroxylation sites is 2. The third kappa shape index (κ3) is 3.39. The normalized spacial score (nSPS) is 16.5. The number of hydrogen-bond donors (Lipinski definition) is 2. The number of benzene rings is 3. The summed E-state index contributed by atoms with van der Waals surface area (Å²) in [6, 6.07) is 19.0. The summed E-state index contributed by atoms with van der Waals surface area (Å²) in [5, 5.41) is 6.38. The molecule has 0 fully saturated rings. The van der Waals surface area contributed by atoms with Gasteiger partial charge in [0.25, 0.3) is 11.8 Å². The van der Waals surface area contributed by atoms with E-state index < -0.39 is 23.8 Å². The van der Waals surface area contributed by atoms with E-state index in [2.05, 4.69) is 20.5 Å². The molecule has 4 aromatic rings. The van der Waals surface area contributed by atoms with E-state index in [-0.39, 0.29) is 17.8 Å². The van der Waals surface area contributed by atoms with Crippen molar-refractivity contribution in [3.8, 4) is 0 Å². The molecule has 0 radical (unpaired) electrons. The molecule has 2 aliphatic rings. The molecule has 3 heterocycles. The first-order valence-electron chi connectivity index (χ1n) is 11.5. The maximum absolute atomic E-state index is 14.9. The van der Waals surface area contributed by atoms with Crippen molar-refractivity contribution in [2.24, 2.45) is 10.2 Å². The van der Waals surface area contributed by atoms with Crippen molar-refractivity contribution in [1.29, 1.82) is 0 Å². The SMILES string of the molecule is O=NCc1c(C(=O)NC2N=C(c3ccccc3F)c3cccc4c3N(CC4)C2=O)[nH]c2ccccc12. The number of nitrogens with zero attached hydrogens (tertiary/aromatic N) is 3. The number of carbonyl (C=O) groups is 2. The summed E-state index contributed by atoms with van der Waals surface area (Å²) in [6.07, 6.45) is -0.647. The average molecular weight is 481 g/mol. The molecule has 9 heteroatoms. The third-order valence-electron chi connectivity index (χ3n) is 6.67. The number of rotatable bonds is 5. The number of carbonyl (C=O) groups excluding carboxylic acids is 2. The van der Waals surface area contributed by atoms with Crippen LogP contribution in [0.2, 0.25) is 0 Å². The number of amides is 2. The largest absolute Gasteiger partial charge is 0.350 e. The summed E-state index contributed by atoms with van der Waals surface area (Å²) in [5.74, 6) is -1.50. The van der Waals surface area contributed by atoms with Crippen molar-refractivity contribution in [1.82, 2.24) is 10.3 Å². The molecule has 1 unspecified atom stereocenters. The zero-order chi connectivity index (χ0) is 24.8. The summed E-state index contributed by atoms with van der Waals surface area (Å²) in [5.41, 5.74) is 4.06. The van der Waals surface area contributed by atoms with Gasteiger partial charge in [-0.1, -0.05) is 53.7 Å². The van der Waals surface area contributed by atoms with E-state index in [0.717, 1.165) is 5.56 Å². The molecule has 8 nitrogen and oxygen atoms in total. The number of nitroso groups, excluding NO2 is 1. The summed E-state index contributed by atoms with van der Waals surface area (Å²) in [6.45, 7) is 0.223. The Labute approximate surface area is 204 Å². The molecule has 0 saturated heterocycles. The first-order valence-corrected chi connectivity index (χ1v) is 11.5. The first-order chi connectivity index (χ1) is 17.6. The van der Waals surface area contributed by atoms with Crippen LogP contribution in [0.25, 0.3) is 10.9 Å². The number of hydrogen-bond acceptors (Lipinski definition) is 5. The van der Waals surface area contributed by atoms with Crippen LogP contribution in [0.4, 0.5) is 10.1 Å². The van der Waals surface area contributed by atoms with Gasteiger partial charge in [-0.3, -0.25) is 9.59 Å². The van der Waals surface area contributed by atoms with Crippen LogP contribution in [-0.2, 0) is 17.8 Å². The van der Waals surface area contributed by atoms with Crippen LogP contribution >= 0.6 is 0 Å². The topological polar surface area (TPSA) is 107 Å². The summed E-state index contributed by atoms with van der Waals surface area (Å²) >= 11 is 0. The van der Waals surface area contributed by atoms with Gasteiger partial charge in [0.05, 0.1) is 11.4 Å². The van der Waals surface area contributed by atoms with Crippen molar-refractivity contribution >= 4 is 34.1 Å². The lowest BCUT2D eigenvalue weighted by Gasteiger charge is -2.21. The van der Waals surface area contributed by atoms with E-state index in [9.17, 15) is 18.9 Å². The maximum Gasteiger partial charge on any atom is 0.272 e. The molecule has 2 aliphatic heterocycles. The van der Waals surface area contributed by atoms with Gasteiger partial charge in [0.2, 0.25) is 6.17 Å². The fourth-order valence-corrected chi connectivity index (χ4v) is 5.05. The van der Waals surface area contributed by atoms with Crippen molar-refractivity contribution in [2.45, 2.75) is 19.1 Å². The van der Waals surface area contributed by atoms with Crippen LogP contribution in [0.15, 0.2) is 76.9 Å². The highest BCUT2D eigenvalue weighted by Gasteiger charge is 2.38. The average Bonchev–Trinajstić information content (AvgIpc) is 3.46.